The predicted molar refractivity (Wildman–Crippen MR) is 80.6 cm³/mol. The van der Waals surface area contributed by atoms with Gasteiger partial charge in [0.1, 0.15) is 0 Å². The average molecular weight is 386 g/mol. The molecule has 0 heterocycles. The van der Waals surface area contributed by atoms with Crippen molar-refractivity contribution >= 4 is 44.9 Å². The fourth-order valence-electron chi connectivity index (χ4n) is 0. The summed E-state index contributed by atoms with van der Waals surface area (Å²) in [5.41, 5.74) is -5.53. The minimum Gasteiger partial charge on any atom is -0.279 e. The Balaban J connectivity index is -0.0000000917. The molecule has 0 aliphatic heterocycles. The monoisotopic (exact) mass is 384 g/mol. The molecule has 0 aromatic heterocycles. The van der Waals surface area contributed by atoms with E-state index in [-0.39, 0.29) is 0 Å². The van der Waals surface area contributed by atoms with Crippen LogP contribution < -0.4 is 0 Å². The zero-order chi connectivity index (χ0) is 17.7. The van der Waals surface area contributed by atoms with Crippen LogP contribution in [-0.2, 0) is 10.1 Å². The lowest BCUT2D eigenvalue weighted by atomic mass is 10.6. The van der Waals surface area contributed by atoms with Gasteiger partial charge in [-0.1, -0.05) is 0 Å². The molecule has 0 aromatic carbocycles. The zero-order valence-corrected chi connectivity index (χ0v) is 15.3. The van der Waals surface area contributed by atoms with E-state index in [2.05, 4.69) is 0 Å². The second-order valence-corrected chi connectivity index (χ2v) is 7.99. The van der Waals surface area contributed by atoms with Gasteiger partial charge in [-0.15, -0.1) is 34.8 Å². The first-order chi connectivity index (χ1) is 8.45. The highest BCUT2D eigenvalue weighted by Gasteiger charge is 2.44. The number of rotatable bonds is 0. The van der Waals surface area contributed by atoms with Gasteiger partial charge in [0.25, 0.3) is 0 Å². The number of alkyl halides is 6. The van der Waals surface area contributed by atoms with E-state index in [0.717, 1.165) is 0 Å². The summed E-state index contributed by atoms with van der Waals surface area (Å²) in [5.74, 6) is 0. The summed E-state index contributed by atoms with van der Waals surface area (Å²) < 4.78 is 57.5. The molecule has 0 atom stereocenters. The van der Waals surface area contributed by atoms with Crippen LogP contribution in [0, 0.1) is 0 Å². The van der Waals surface area contributed by atoms with Gasteiger partial charge in [0, 0.05) is 16.1 Å². The molecule has 0 rings (SSSR count). The lowest BCUT2D eigenvalue weighted by molar-refractivity contribution is -0.0510. The topological polar surface area (TPSA) is 54.4 Å². The van der Waals surface area contributed by atoms with Gasteiger partial charge in [-0.25, -0.2) is 0 Å². The first-order valence-electron chi connectivity index (χ1n) is 5.41. The zero-order valence-electron chi connectivity index (χ0n) is 12.2. The third kappa shape index (κ3) is 62.6. The van der Waals surface area contributed by atoms with Crippen LogP contribution in [0.5, 0.6) is 0 Å². The van der Waals surface area contributed by atoms with Gasteiger partial charge in [-0.2, -0.15) is 21.6 Å². The molecule has 0 aromatic rings. The van der Waals surface area contributed by atoms with Crippen LogP contribution in [0.4, 0.5) is 13.2 Å². The molecule has 3 nitrogen and oxygen atoms in total. The van der Waals surface area contributed by atoms with Crippen molar-refractivity contribution in [2.75, 3.05) is 0 Å². The average Bonchev–Trinajstić information content (AvgIpc) is 1.94. The molecule has 0 aliphatic carbocycles. The highest BCUT2D eigenvalue weighted by Crippen LogP contribution is 2.20. The van der Waals surface area contributed by atoms with Crippen molar-refractivity contribution in [1.29, 1.82) is 0 Å². The van der Waals surface area contributed by atoms with Crippen molar-refractivity contribution in [2.45, 2.75) is 63.2 Å². The van der Waals surface area contributed by atoms with E-state index >= 15 is 0 Å². The molecule has 0 aliphatic rings. The Labute approximate surface area is 134 Å². The number of halogens is 6. The molecule has 0 amide bonds. The lowest BCUT2D eigenvalue weighted by Gasteiger charge is -1.97. The van der Waals surface area contributed by atoms with Gasteiger partial charge in [0.15, 0.2) is 0 Å². The molecule has 0 unspecified atom stereocenters. The van der Waals surface area contributed by atoms with Crippen LogP contribution in [0.15, 0.2) is 0 Å². The fraction of sp³-hybridized carbons (Fsp3) is 1.00. The van der Waals surface area contributed by atoms with Crippen molar-refractivity contribution in [2.24, 2.45) is 0 Å². The summed E-state index contributed by atoms with van der Waals surface area (Å²) in [6.45, 7) is 11.6. The standard InChI is InChI=1S/3C3H7Cl.CHF3O3S/c3*1-3(2)4;2-1(3,4)8(5,6)7/h3*3H,1-2H3;(H,5,6,7). The van der Waals surface area contributed by atoms with Gasteiger partial charge in [-0.3, -0.25) is 4.55 Å². The molecule has 10 heteroatoms. The van der Waals surface area contributed by atoms with Gasteiger partial charge >= 0.3 is 15.6 Å². The summed E-state index contributed by atoms with van der Waals surface area (Å²) in [4.78, 5) is 0. The Hall–Kier alpha value is 0.570. The molecule has 128 valence electrons. The second kappa shape index (κ2) is 14.5. The van der Waals surface area contributed by atoms with Gasteiger partial charge in [0.05, 0.1) is 0 Å². The maximum Gasteiger partial charge on any atom is 0.522 e. The van der Waals surface area contributed by atoms with Gasteiger partial charge in [-0.05, 0) is 41.5 Å². The number of hydrogen-bond donors (Lipinski definition) is 1. The van der Waals surface area contributed by atoms with Crippen LogP contribution in [0.3, 0.4) is 0 Å². The lowest BCUT2D eigenvalue weighted by Crippen LogP contribution is -2.21. The van der Waals surface area contributed by atoms with Crippen LogP contribution >= 0.6 is 34.8 Å². The SMILES string of the molecule is CC(C)Cl.CC(C)Cl.CC(C)Cl.O=S(=O)(O)C(F)(F)F. The van der Waals surface area contributed by atoms with Crippen molar-refractivity contribution in [3.63, 3.8) is 0 Å². The Kier molecular flexibility index (Phi) is 20.8. The Bertz CT molecular complexity index is 269. The van der Waals surface area contributed by atoms with Gasteiger partial charge in [0.2, 0.25) is 0 Å². The minimum absolute atomic E-state index is 0.306. The summed E-state index contributed by atoms with van der Waals surface area (Å²) >= 11 is 15.8. The first kappa shape index (κ1) is 28.7. The van der Waals surface area contributed by atoms with Crippen molar-refractivity contribution in [3.8, 4) is 0 Å². The van der Waals surface area contributed by atoms with E-state index in [4.69, 9.17) is 47.8 Å². The van der Waals surface area contributed by atoms with E-state index in [1.165, 1.54) is 0 Å². The van der Waals surface area contributed by atoms with E-state index < -0.39 is 15.6 Å². The Morgan fingerprint density at radius 2 is 0.850 bits per heavy atom. The molecule has 1 N–H and O–H groups in total. The quantitative estimate of drug-likeness (QED) is 0.350. The maximum absolute atomic E-state index is 10.7. The summed E-state index contributed by atoms with van der Waals surface area (Å²) in [6.07, 6.45) is 0. The molecule has 20 heavy (non-hydrogen) atoms. The van der Waals surface area contributed by atoms with E-state index in [1.54, 1.807) is 0 Å². The second-order valence-electron chi connectivity index (χ2n) is 3.96. The largest absolute Gasteiger partial charge is 0.522 e. The summed E-state index contributed by atoms with van der Waals surface area (Å²) in [6, 6.07) is 0. The minimum atomic E-state index is -5.84. The molecule has 0 bridgehead atoms. The van der Waals surface area contributed by atoms with Crippen molar-refractivity contribution < 1.29 is 26.1 Å². The molecular formula is C10H22Cl3F3O3S. The van der Waals surface area contributed by atoms with E-state index in [0.29, 0.717) is 16.1 Å². The van der Waals surface area contributed by atoms with Crippen LogP contribution in [0.25, 0.3) is 0 Å². The summed E-state index contributed by atoms with van der Waals surface area (Å²) in [5, 5.41) is 0.917. The smallest absolute Gasteiger partial charge is 0.279 e. The van der Waals surface area contributed by atoms with Gasteiger partial charge < -0.3 is 0 Å². The molecule has 0 fully saturated rings. The van der Waals surface area contributed by atoms with E-state index in [9.17, 15) is 13.2 Å². The highest BCUT2D eigenvalue weighted by molar-refractivity contribution is 7.86. The normalized spacial score (nSPS) is 11.0. The van der Waals surface area contributed by atoms with E-state index in [1.807, 2.05) is 41.5 Å². The third-order valence-corrected chi connectivity index (χ3v) is 0.877. The van der Waals surface area contributed by atoms with Crippen LogP contribution in [0.1, 0.15) is 41.5 Å². The van der Waals surface area contributed by atoms with Crippen LogP contribution in [-0.4, -0.2) is 34.6 Å². The number of hydrogen-bond acceptors (Lipinski definition) is 2. The Morgan fingerprint density at radius 1 is 0.800 bits per heavy atom. The third-order valence-electron chi connectivity index (χ3n) is 0.292. The van der Waals surface area contributed by atoms with Crippen molar-refractivity contribution in [3.05, 3.63) is 0 Å². The highest BCUT2D eigenvalue weighted by atomic mass is 35.5. The molecular weight excluding hydrogens is 364 g/mol. The summed E-state index contributed by atoms with van der Waals surface area (Å²) in [7, 11) is -5.84. The molecule has 0 spiro atoms. The molecule has 0 saturated heterocycles. The molecule has 0 radical (unpaired) electrons. The Morgan fingerprint density at radius 3 is 0.850 bits per heavy atom. The molecule has 0 saturated carbocycles. The first-order valence-corrected chi connectivity index (χ1v) is 8.16. The van der Waals surface area contributed by atoms with Crippen LogP contribution in [0.2, 0.25) is 0 Å². The fourth-order valence-corrected chi connectivity index (χ4v) is 0. The van der Waals surface area contributed by atoms with Crippen molar-refractivity contribution in [1.82, 2.24) is 0 Å². The maximum atomic E-state index is 10.7. The predicted octanol–water partition coefficient (Wildman–Crippen LogP) is 5.29.